The fraction of sp³-hybridized carbons (Fsp3) is 0.524. The molecule has 0 N–H and O–H groups in total. The van der Waals surface area contributed by atoms with E-state index in [1.807, 2.05) is 18.2 Å². The molecule has 23 heavy (non-hydrogen) atoms. The van der Waals surface area contributed by atoms with E-state index in [0.29, 0.717) is 31.4 Å². The first-order chi connectivity index (χ1) is 11.3. The summed E-state index contributed by atoms with van der Waals surface area (Å²) in [7, 11) is 0. The quantitative estimate of drug-likeness (QED) is 0.546. The van der Waals surface area contributed by atoms with Crippen LogP contribution < -0.4 is 0 Å². The van der Waals surface area contributed by atoms with Crippen LogP contribution in [0.4, 0.5) is 0 Å². The zero-order chi connectivity index (χ0) is 16.1. The molecular weight excluding hydrogens is 279 g/mol. The van der Waals surface area contributed by atoms with Gasteiger partial charge in [-0.2, -0.15) is 0 Å². The minimum atomic E-state index is -0.527. The Morgan fingerprint density at radius 2 is 1.48 bits per heavy atom. The van der Waals surface area contributed by atoms with E-state index in [9.17, 15) is 0 Å². The molecule has 2 heterocycles. The van der Waals surface area contributed by atoms with Gasteiger partial charge in [0.15, 0.2) is 0 Å². The van der Waals surface area contributed by atoms with Crippen LogP contribution >= 0.6 is 0 Å². The topological polar surface area (TPSA) is 9.23 Å². The molecule has 2 heteroatoms. The molecule has 3 rings (SSSR count). The third kappa shape index (κ3) is 3.34. The lowest BCUT2D eigenvalue weighted by Gasteiger charge is -2.45. The number of fused-ring (bicyclic) bond motifs is 2. The Morgan fingerprint density at radius 1 is 0.957 bits per heavy atom. The molecule has 2 saturated heterocycles. The third-order valence-corrected chi connectivity index (χ3v) is 5.67. The number of terminal acetylenes is 2. The van der Waals surface area contributed by atoms with Crippen LogP contribution in [0.15, 0.2) is 30.3 Å². The van der Waals surface area contributed by atoms with Gasteiger partial charge in [-0.1, -0.05) is 68.9 Å². The van der Waals surface area contributed by atoms with Crippen molar-refractivity contribution < 1.29 is 4.65 Å². The van der Waals surface area contributed by atoms with Crippen molar-refractivity contribution >= 4 is 6.92 Å². The monoisotopic (exact) mass is 304 g/mol. The fourth-order valence-electron chi connectivity index (χ4n) is 4.56. The predicted molar refractivity (Wildman–Crippen MR) is 97.1 cm³/mol. The van der Waals surface area contributed by atoms with Crippen LogP contribution in [0.3, 0.4) is 0 Å². The Bertz CT molecular complexity index is 557. The highest BCUT2D eigenvalue weighted by atomic mass is 16.5. The molecule has 0 aromatic heterocycles. The first kappa shape index (κ1) is 16.2. The SMILES string of the molecule is C#CCC(CC#C)(OB1C2CCCC1CCC2)c1ccccc1. The second kappa shape index (κ2) is 7.29. The average molecular weight is 304 g/mol. The summed E-state index contributed by atoms with van der Waals surface area (Å²) in [6.07, 6.45) is 20.3. The van der Waals surface area contributed by atoms with Crippen molar-refractivity contribution in [3.05, 3.63) is 35.9 Å². The maximum atomic E-state index is 6.83. The highest BCUT2D eigenvalue weighted by Gasteiger charge is 2.46. The Labute approximate surface area is 141 Å². The van der Waals surface area contributed by atoms with Crippen molar-refractivity contribution in [3.63, 3.8) is 0 Å². The van der Waals surface area contributed by atoms with Crippen LogP contribution in [0.5, 0.6) is 0 Å². The van der Waals surface area contributed by atoms with Gasteiger partial charge in [-0.15, -0.1) is 24.7 Å². The van der Waals surface area contributed by atoms with E-state index in [2.05, 4.69) is 24.0 Å². The van der Waals surface area contributed by atoms with Crippen molar-refractivity contribution in [2.24, 2.45) is 0 Å². The summed E-state index contributed by atoms with van der Waals surface area (Å²) >= 11 is 0. The van der Waals surface area contributed by atoms with Gasteiger partial charge in [-0.25, -0.2) is 0 Å². The lowest BCUT2D eigenvalue weighted by Crippen LogP contribution is -2.44. The minimum Gasteiger partial charge on any atom is -0.424 e. The van der Waals surface area contributed by atoms with Crippen molar-refractivity contribution in [1.82, 2.24) is 0 Å². The number of rotatable bonds is 5. The van der Waals surface area contributed by atoms with Gasteiger partial charge in [0, 0.05) is 12.8 Å². The first-order valence-electron chi connectivity index (χ1n) is 8.89. The smallest absolute Gasteiger partial charge is 0.300 e. The van der Waals surface area contributed by atoms with Crippen LogP contribution in [0.1, 0.15) is 56.9 Å². The van der Waals surface area contributed by atoms with Gasteiger partial charge in [-0.3, -0.25) is 0 Å². The summed E-state index contributed by atoms with van der Waals surface area (Å²) in [6, 6.07) is 10.3. The fourth-order valence-corrected chi connectivity index (χ4v) is 4.56. The Hall–Kier alpha value is -1.64. The predicted octanol–water partition coefficient (Wildman–Crippen LogP) is 5.04. The molecule has 118 valence electrons. The van der Waals surface area contributed by atoms with Crippen molar-refractivity contribution in [2.45, 2.75) is 68.6 Å². The first-order valence-corrected chi connectivity index (χ1v) is 8.89. The van der Waals surface area contributed by atoms with Gasteiger partial charge >= 0.3 is 6.92 Å². The summed E-state index contributed by atoms with van der Waals surface area (Å²) in [6.45, 7) is 0.319. The molecule has 0 radical (unpaired) electrons. The molecule has 0 unspecified atom stereocenters. The number of hydrogen-bond donors (Lipinski definition) is 0. The molecule has 1 nitrogen and oxygen atoms in total. The zero-order valence-corrected chi connectivity index (χ0v) is 13.8. The molecule has 0 atom stereocenters. The van der Waals surface area contributed by atoms with Crippen LogP contribution in [0, 0.1) is 24.7 Å². The average Bonchev–Trinajstić information content (AvgIpc) is 2.56. The van der Waals surface area contributed by atoms with Gasteiger partial charge in [0.2, 0.25) is 0 Å². The second-order valence-corrected chi connectivity index (χ2v) is 7.09. The number of benzene rings is 1. The van der Waals surface area contributed by atoms with Crippen LogP contribution in [0.2, 0.25) is 11.6 Å². The molecular formula is C21H25BO. The number of hydrogen-bond acceptors (Lipinski definition) is 1. The summed E-state index contributed by atoms with van der Waals surface area (Å²) in [5, 5.41) is 0. The summed E-state index contributed by atoms with van der Waals surface area (Å²) in [5.41, 5.74) is 0.597. The van der Waals surface area contributed by atoms with E-state index in [4.69, 9.17) is 17.5 Å². The molecule has 2 aliphatic heterocycles. The molecule has 0 aliphatic carbocycles. The lowest BCUT2D eigenvalue weighted by atomic mass is 9.37. The molecule has 1 aromatic rings. The Kier molecular flexibility index (Phi) is 5.14. The van der Waals surface area contributed by atoms with Crippen molar-refractivity contribution in [2.75, 3.05) is 0 Å². The highest BCUT2D eigenvalue weighted by Crippen LogP contribution is 2.49. The summed E-state index contributed by atoms with van der Waals surface area (Å²) in [5.74, 6) is 7.02. The van der Waals surface area contributed by atoms with Crippen LogP contribution in [-0.2, 0) is 10.3 Å². The minimum absolute atomic E-state index is 0.319. The van der Waals surface area contributed by atoms with Gasteiger partial charge in [0.25, 0.3) is 0 Å². The highest BCUT2D eigenvalue weighted by molar-refractivity contribution is 6.56. The zero-order valence-electron chi connectivity index (χ0n) is 13.8. The molecule has 2 fully saturated rings. The molecule has 2 aliphatic rings. The summed E-state index contributed by atoms with van der Waals surface area (Å²) in [4.78, 5) is 0. The molecule has 0 spiro atoms. The van der Waals surface area contributed by atoms with Crippen molar-refractivity contribution in [3.8, 4) is 24.7 Å². The van der Waals surface area contributed by atoms with Crippen LogP contribution in [0.25, 0.3) is 0 Å². The van der Waals surface area contributed by atoms with Gasteiger partial charge < -0.3 is 4.65 Å². The Balaban J connectivity index is 1.92. The maximum absolute atomic E-state index is 6.83. The van der Waals surface area contributed by atoms with Gasteiger partial charge in [0.1, 0.15) is 0 Å². The molecule has 2 bridgehead atoms. The van der Waals surface area contributed by atoms with Crippen LogP contribution in [-0.4, -0.2) is 6.92 Å². The Morgan fingerprint density at radius 3 is 1.96 bits per heavy atom. The summed E-state index contributed by atoms with van der Waals surface area (Å²) < 4.78 is 6.83. The van der Waals surface area contributed by atoms with E-state index in [0.717, 1.165) is 5.56 Å². The van der Waals surface area contributed by atoms with E-state index >= 15 is 0 Å². The third-order valence-electron chi connectivity index (χ3n) is 5.67. The standard InChI is InChI=1S/C21H25BO/c1-3-16-21(17-4-2,18-10-6-5-7-11-18)23-22-19-12-8-13-20(22)15-9-14-19/h1-2,5-7,10-11,19-20H,8-9,12-17H2. The van der Waals surface area contributed by atoms with E-state index in [1.165, 1.54) is 38.5 Å². The molecule has 1 aromatic carbocycles. The van der Waals surface area contributed by atoms with Gasteiger partial charge in [0.05, 0.1) is 5.60 Å². The largest absolute Gasteiger partial charge is 0.424 e. The molecule has 0 amide bonds. The molecule has 0 saturated carbocycles. The lowest BCUT2D eigenvalue weighted by molar-refractivity contribution is 0.0613. The van der Waals surface area contributed by atoms with Gasteiger partial charge in [-0.05, 0) is 17.2 Å². The maximum Gasteiger partial charge on any atom is 0.300 e. The second-order valence-electron chi connectivity index (χ2n) is 7.09. The van der Waals surface area contributed by atoms with E-state index in [1.54, 1.807) is 0 Å². The normalized spacial score (nSPS) is 23.8. The van der Waals surface area contributed by atoms with Crippen molar-refractivity contribution in [1.29, 1.82) is 0 Å². The van der Waals surface area contributed by atoms with E-state index in [-0.39, 0.29) is 0 Å². The van der Waals surface area contributed by atoms with E-state index < -0.39 is 5.60 Å².